The second kappa shape index (κ2) is 7.77. The first-order valence-corrected chi connectivity index (χ1v) is 6.42. The van der Waals surface area contributed by atoms with Gasteiger partial charge in [-0.25, -0.2) is 12.6 Å². The second-order valence-corrected chi connectivity index (χ2v) is 4.15. The van der Waals surface area contributed by atoms with E-state index >= 15 is 0 Å². The van der Waals surface area contributed by atoms with Gasteiger partial charge in [0.05, 0.1) is 13.2 Å². The fourth-order valence-corrected chi connectivity index (χ4v) is 1.21. The highest BCUT2D eigenvalue weighted by Gasteiger charge is 2.00. The largest absolute Gasteiger partial charge is 0.397 e. The van der Waals surface area contributed by atoms with Crippen LogP contribution in [0.15, 0.2) is 12.2 Å². The van der Waals surface area contributed by atoms with Crippen molar-refractivity contribution in [3.63, 3.8) is 0 Å². The van der Waals surface area contributed by atoms with Gasteiger partial charge in [-0.15, -0.1) is 0 Å². The average molecular weight is 260 g/mol. The zero-order valence-electron chi connectivity index (χ0n) is 7.74. The first kappa shape index (κ1) is 14.5. The molecule has 0 aliphatic heterocycles. The molecule has 0 heterocycles. The normalized spacial score (nSPS) is 12.7. The van der Waals surface area contributed by atoms with Crippen LogP contribution in [0.3, 0.4) is 0 Å². The molecule has 0 unspecified atom stereocenters. The van der Waals surface area contributed by atoms with Crippen LogP contribution >= 0.6 is 0 Å². The third kappa shape index (κ3) is 13.5. The monoisotopic (exact) mass is 260 g/mol. The number of thiol groups is 1. The van der Waals surface area contributed by atoms with Gasteiger partial charge in [-0.05, 0) is 12.8 Å². The molecule has 0 aliphatic carbocycles. The zero-order chi connectivity index (χ0) is 11.7. The van der Waals surface area contributed by atoms with Gasteiger partial charge in [0.1, 0.15) is 0 Å². The Morgan fingerprint density at radius 2 is 1.67 bits per heavy atom. The second-order valence-electron chi connectivity index (χ2n) is 2.36. The molecule has 0 fully saturated rings. The van der Waals surface area contributed by atoms with Crippen LogP contribution < -0.4 is 0 Å². The minimum absolute atomic E-state index is 0.0500. The van der Waals surface area contributed by atoms with E-state index in [0.29, 0.717) is 12.8 Å². The molecule has 9 heteroatoms. The van der Waals surface area contributed by atoms with Gasteiger partial charge in [-0.2, -0.15) is 8.42 Å². The summed E-state index contributed by atoms with van der Waals surface area (Å²) in [6.45, 7) is -0.111. The standard InChI is InChI=1S/C6H12O7S2/c7-14(8)12-5-3-1-2-4-6-13-15(9,10)11/h1-2,14H,3-6H2,(H,9,10,11)/b2-1+. The maximum absolute atomic E-state index is 10.1. The zero-order valence-corrected chi connectivity index (χ0v) is 9.45. The third-order valence-corrected chi connectivity index (χ3v) is 2.02. The fraction of sp³-hybridized carbons (Fsp3) is 0.667. The summed E-state index contributed by atoms with van der Waals surface area (Å²) in [5, 5.41) is 0. The fourth-order valence-electron chi connectivity index (χ4n) is 0.652. The average Bonchev–Trinajstić information content (AvgIpc) is 2.07. The molecule has 0 spiro atoms. The van der Waals surface area contributed by atoms with E-state index in [4.69, 9.17) is 4.55 Å². The molecular formula is C6H12O7S2. The molecule has 15 heavy (non-hydrogen) atoms. The quantitative estimate of drug-likeness (QED) is 0.266. The molecule has 0 aliphatic rings. The first-order chi connectivity index (χ1) is 6.92. The maximum Gasteiger partial charge on any atom is 0.397 e. The van der Waals surface area contributed by atoms with E-state index in [9.17, 15) is 16.8 Å². The summed E-state index contributed by atoms with van der Waals surface area (Å²) in [6, 6.07) is 0. The Morgan fingerprint density at radius 3 is 2.13 bits per heavy atom. The molecule has 0 aromatic carbocycles. The summed E-state index contributed by atoms with van der Waals surface area (Å²) in [7, 11) is -7.19. The van der Waals surface area contributed by atoms with Crippen LogP contribution in [0.5, 0.6) is 0 Å². The minimum Gasteiger partial charge on any atom is -0.272 e. The van der Waals surface area contributed by atoms with E-state index in [0.717, 1.165) is 0 Å². The molecule has 0 rings (SSSR count). The molecule has 90 valence electrons. The smallest absolute Gasteiger partial charge is 0.272 e. The van der Waals surface area contributed by atoms with Crippen molar-refractivity contribution < 1.29 is 29.8 Å². The predicted octanol–water partition coefficient (Wildman–Crippen LogP) is -0.315. The van der Waals surface area contributed by atoms with Crippen LogP contribution in [-0.2, 0) is 29.8 Å². The molecule has 0 aromatic heterocycles. The lowest BCUT2D eigenvalue weighted by Gasteiger charge is -1.95. The first-order valence-electron chi connectivity index (χ1n) is 3.96. The Kier molecular flexibility index (Phi) is 7.52. The summed E-state index contributed by atoms with van der Waals surface area (Å²) >= 11 is 0. The van der Waals surface area contributed by atoms with E-state index < -0.39 is 21.4 Å². The summed E-state index contributed by atoms with van der Waals surface area (Å²) in [6.07, 6.45) is 3.90. The molecule has 1 N–H and O–H groups in total. The van der Waals surface area contributed by atoms with Crippen molar-refractivity contribution in [3.05, 3.63) is 12.2 Å². The van der Waals surface area contributed by atoms with E-state index in [1.807, 2.05) is 0 Å². The maximum atomic E-state index is 10.1. The van der Waals surface area contributed by atoms with E-state index in [1.165, 1.54) is 0 Å². The Labute approximate surface area is 89.8 Å². The van der Waals surface area contributed by atoms with Gasteiger partial charge in [0.25, 0.3) is 11.0 Å². The Hall–Kier alpha value is -0.480. The van der Waals surface area contributed by atoms with Gasteiger partial charge < -0.3 is 0 Å². The summed E-state index contributed by atoms with van der Waals surface area (Å²) in [5.74, 6) is 0. The summed E-state index contributed by atoms with van der Waals surface area (Å²) < 4.78 is 56.4. The Balaban J connectivity index is 3.40. The van der Waals surface area contributed by atoms with Gasteiger partial charge in [-0.1, -0.05) is 12.2 Å². The van der Waals surface area contributed by atoms with Crippen molar-refractivity contribution in [1.29, 1.82) is 0 Å². The topological polar surface area (TPSA) is 107 Å². The molecule has 0 radical (unpaired) electrons. The number of hydrogen-bond acceptors (Lipinski definition) is 6. The van der Waals surface area contributed by atoms with E-state index in [2.05, 4.69) is 8.37 Å². The minimum atomic E-state index is -4.37. The molecule has 0 bridgehead atoms. The van der Waals surface area contributed by atoms with Crippen LogP contribution in [0.1, 0.15) is 12.8 Å². The van der Waals surface area contributed by atoms with Crippen molar-refractivity contribution in [1.82, 2.24) is 0 Å². The number of hydrogen-bond donors (Lipinski definition) is 2. The summed E-state index contributed by atoms with van der Waals surface area (Å²) in [5.41, 5.74) is 0. The SMILES string of the molecule is O=[SH](=O)OCC/C=C/CCOS(=O)(=O)O. The lowest BCUT2D eigenvalue weighted by molar-refractivity contribution is 0.273. The van der Waals surface area contributed by atoms with Crippen LogP contribution in [-0.4, -0.2) is 34.6 Å². The molecule has 7 nitrogen and oxygen atoms in total. The highest BCUT2D eigenvalue weighted by molar-refractivity contribution is 7.80. The van der Waals surface area contributed by atoms with Crippen LogP contribution in [0.25, 0.3) is 0 Å². The molecule has 0 saturated carbocycles. The lowest BCUT2D eigenvalue weighted by Crippen LogP contribution is -2.03. The molecule has 0 saturated heterocycles. The highest BCUT2D eigenvalue weighted by atomic mass is 32.3. The Bertz CT molecular complexity index is 346. The number of rotatable bonds is 8. The van der Waals surface area contributed by atoms with Gasteiger partial charge in [0.2, 0.25) is 0 Å². The molecule has 0 atom stereocenters. The molecule has 0 aromatic rings. The van der Waals surface area contributed by atoms with Crippen LogP contribution in [0.2, 0.25) is 0 Å². The highest BCUT2D eigenvalue weighted by Crippen LogP contribution is 1.93. The van der Waals surface area contributed by atoms with Crippen molar-refractivity contribution >= 4 is 21.4 Å². The van der Waals surface area contributed by atoms with Gasteiger partial charge in [0, 0.05) is 0 Å². The van der Waals surface area contributed by atoms with Crippen molar-refractivity contribution in [2.75, 3.05) is 13.2 Å². The molecular weight excluding hydrogens is 248 g/mol. The van der Waals surface area contributed by atoms with E-state index in [1.54, 1.807) is 12.2 Å². The third-order valence-electron chi connectivity index (χ3n) is 1.16. The van der Waals surface area contributed by atoms with Crippen molar-refractivity contribution in [2.24, 2.45) is 0 Å². The van der Waals surface area contributed by atoms with Gasteiger partial charge in [-0.3, -0.25) is 8.74 Å². The van der Waals surface area contributed by atoms with Gasteiger partial charge in [0.15, 0.2) is 0 Å². The van der Waals surface area contributed by atoms with E-state index in [-0.39, 0.29) is 13.2 Å². The van der Waals surface area contributed by atoms with Crippen LogP contribution in [0.4, 0.5) is 0 Å². The van der Waals surface area contributed by atoms with Crippen molar-refractivity contribution in [2.45, 2.75) is 12.8 Å². The lowest BCUT2D eigenvalue weighted by atomic mass is 10.3. The predicted molar refractivity (Wildman–Crippen MR) is 52.1 cm³/mol. The summed E-state index contributed by atoms with van der Waals surface area (Å²) in [4.78, 5) is 0. The van der Waals surface area contributed by atoms with Crippen molar-refractivity contribution in [3.8, 4) is 0 Å². The van der Waals surface area contributed by atoms with Crippen LogP contribution in [0, 0.1) is 0 Å². The Morgan fingerprint density at radius 1 is 1.13 bits per heavy atom. The molecule has 0 amide bonds. The van der Waals surface area contributed by atoms with Gasteiger partial charge >= 0.3 is 10.4 Å².